The summed E-state index contributed by atoms with van der Waals surface area (Å²) in [4.78, 5) is 24.1. The highest BCUT2D eigenvalue weighted by molar-refractivity contribution is 5.70. The summed E-state index contributed by atoms with van der Waals surface area (Å²) in [5.41, 5.74) is 0. The molecule has 0 radical (unpaired) electrons. The van der Waals surface area contributed by atoms with Crippen LogP contribution in [-0.2, 0) is 19.1 Å². The van der Waals surface area contributed by atoms with Crippen LogP contribution in [0.2, 0.25) is 0 Å². The van der Waals surface area contributed by atoms with Crippen LogP contribution in [0.3, 0.4) is 0 Å². The van der Waals surface area contributed by atoms with Gasteiger partial charge >= 0.3 is 11.9 Å². The van der Waals surface area contributed by atoms with Crippen LogP contribution in [0, 0.1) is 0 Å². The quantitative estimate of drug-likeness (QED) is 0.0408. The molecule has 1 unspecified atom stereocenters. The van der Waals surface area contributed by atoms with Gasteiger partial charge in [-0.1, -0.05) is 139 Å². The smallest absolute Gasteiger partial charge is 0.306 e. The van der Waals surface area contributed by atoms with Crippen LogP contribution in [0.5, 0.6) is 0 Å². The highest BCUT2D eigenvalue weighted by Gasteiger charge is 2.15. The lowest BCUT2D eigenvalue weighted by atomic mass is 10.1. The summed E-state index contributed by atoms with van der Waals surface area (Å²) < 4.78 is 10.5. The van der Waals surface area contributed by atoms with Gasteiger partial charge in [0.05, 0.1) is 6.61 Å². The Balaban J connectivity index is 3.70. The Kier molecular flexibility index (Phi) is 31.2. The summed E-state index contributed by atoms with van der Waals surface area (Å²) >= 11 is 0. The van der Waals surface area contributed by atoms with Crippen molar-refractivity contribution >= 4 is 11.9 Å². The van der Waals surface area contributed by atoms with E-state index in [9.17, 15) is 14.7 Å². The van der Waals surface area contributed by atoms with Gasteiger partial charge in [-0.2, -0.15) is 0 Å². The first-order valence-corrected chi connectivity index (χ1v) is 16.9. The van der Waals surface area contributed by atoms with E-state index in [4.69, 9.17) is 9.47 Å². The molecule has 5 nitrogen and oxygen atoms in total. The zero-order valence-corrected chi connectivity index (χ0v) is 27.0. The monoisotopic (exact) mass is 586 g/mol. The van der Waals surface area contributed by atoms with E-state index in [1.807, 2.05) is 6.08 Å². The molecular weight excluding hydrogens is 524 g/mol. The first-order valence-electron chi connectivity index (χ1n) is 16.9. The molecule has 0 aromatic heterocycles. The van der Waals surface area contributed by atoms with Crippen LogP contribution in [0.4, 0.5) is 0 Å². The van der Waals surface area contributed by atoms with Crippen molar-refractivity contribution in [3.63, 3.8) is 0 Å². The molecule has 0 aromatic rings. The van der Waals surface area contributed by atoms with Gasteiger partial charge in [0, 0.05) is 12.8 Å². The maximum Gasteiger partial charge on any atom is 0.306 e. The molecule has 0 bridgehead atoms. The highest BCUT2D eigenvalue weighted by Crippen LogP contribution is 2.11. The molecule has 0 aliphatic rings. The molecule has 0 saturated heterocycles. The van der Waals surface area contributed by atoms with E-state index in [0.29, 0.717) is 12.8 Å². The lowest BCUT2D eigenvalue weighted by Gasteiger charge is -2.15. The molecule has 5 heteroatoms. The number of aliphatic hydroxyl groups excluding tert-OH is 1. The Bertz CT molecular complexity index is 762. The van der Waals surface area contributed by atoms with E-state index in [2.05, 4.69) is 68.5 Å². The molecule has 240 valence electrons. The fraction of sp³-hybridized carbons (Fsp3) is 0.676. The Hall–Kier alpha value is -2.40. The van der Waals surface area contributed by atoms with E-state index < -0.39 is 6.10 Å². The molecule has 0 aliphatic heterocycles. The van der Waals surface area contributed by atoms with Crippen LogP contribution in [-0.4, -0.2) is 36.4 Å². The number of carbonyl (C=O) groups excluding carboxylic acids is 2. The van der Waals surface area contributed by atoms with Gasteiger partial charge in [-0.05, 0) is 51.4 Å². The number of aliphatic hydroxyl groups is 1. The molecule has 0 aliphatic carbocycles. The number of hydrogen-bond acceptors (Lipinski definition) is 5. The minimum absolute atomic E-state index is 0.104. The number of esters is 2. The molecule has 0 fully saturated rings. The Morgan fingerprint density at radius 1 is 0.595 bits per heavy atom. The fourth-order valence-electron chi connectivity index (χ4n) is 4.31. The average Bonchev–Trinajstić information content (AvgIpc) is 2.99. The highest BCUT2D eigenvalue weighted by atomic mass is 16.6. The standard InChI is InChI=1S/C37H62O5/c1-3-5-7-9-11-13-15-17-18-20-22-24-26-28-30-32-37(40)42-35(33-38)34-41-36(39)31-29-27-25-23-21-19-16-14-12-10-8-6-4-2/h5,7,9,11,13,15,19,21,25,27,35,38H,3-4,6,8,10,12,14,16-18,20,22-24,26,28-34H2,1-2H3/b7-5+,11-9+,15-13+,21-19+,27-25+. The molecule has 0 heterocycles. The number of unbranched alkanes of at least 4 members (excludes halogenated alkanes) is 13. The van der Waals surface area contributed by atoms with Gasteiger partial charge in [-0.25, -0.2) is 0 Å². The van der Waals surface area contributed by atoms with Gasteiger partial charge in [0.1, 0.15) is 6.61 Å². The molecule has 0 aromatic carbocycles. The van der Waals surface area contributed by atoms with Crippen molar-refractivity contribution in [2.45, 2.75) is 148 Å². The van der Waals surface area contributed by atoms with Crippen molar-refractivity contribution < 1.29 is 24.2 Å². The summed E-state index contributed by atoms with van der Waals surface area (Å²) in [6.45, 7) is 3.91. The summed E-state index contributed by atoms with van der Waals surface area (Å²) in [5.74, 6) is -0.691. The number of allylic oxidation sites excluding steroid dienone is 10. The lowest BCUT2D eigenvalue weighted by Crippen LogP contribution is -2.28. The number of carbonyl (C=O) groups is 2. The third-order valence-electron chi connectivity index (χ3n) is 6.87. The van der Waals surface area contributed by atoms with E-state index in [0.717, 1.165) is 44.9 Å². The maximum absolute atomic E-state index is 12.1. The number of rotatable bonds is 29. The van der Waals surface area contributed by atoms with Crippen molar-refractivity contribution in [1.82, 2.24) is 0 Å². The van der Waals surface area contributed by atoms with E-state index in [1.165, 1.54) is 64.2 Å². The lowest BCUT2D eigenvalue weighted by molar-refractivity contribution is -0.161. The molecule has 42 heavy (non-hydrogen) atoms. The third-order valence-corrected chi connectivity index (χ3v) is 6.87. The zero-order valence-electron chi connectivity index (χ0n) is 27.0. The van der Waals surface area contributed by atoms with Gasteiger partial charge < -0.3 is 14.6 Å². The molecule has 0 spiro atoms. The second-order valence-electron chi connectivity index (χ2n) is 10.9. The van der Waals surface area contributed by atoms with Crippen molar-refractivity contribution in [2.75, 3.05) is 13.2 Å². The van der Waals surface area contributed by atoms with Gasteiger partial charge in [-0.15, -0.1) is 0 Å². The second-order valence-corrected chi connectivity index (χ2v) is 10.9. The average molecular weight is 587 g/mol. The molecule has 0 saturated carbocycles. The van der Waals surface area contributed by atoms with Crippen LogP contribution in [0.1, 0.15) is 142 Å². The van der Waals surface area contributed by atoms with Gasteiger partial charge in [-0.3, -0.25) is 9.59 Å². The number of ether oxygens (including phenoxy) is 2. The molecule has 1 N–H and O–H groups in total. The van der Waals surface area contributed by atoms with Crippen molar-refractivity contribution in [3.8, 4) is 0 Å². The van der Waals surface area contributed by atoms with Crippen LogP contribution < -0.4 is 0 Å². The SMILES string of the molecule is CC/C=C/C=C/C=C/CCCCCCCCCC(=O)OC(CO)COC(=O)CC/C=C/C/C=C/CCCCCCCC. The summed E-state index contributed by atoms with van der Waals surface area (Å²) in [5, 5.41) is 9.49. The van der Waals surface area contributed by atoms with Crippen LogP contribution in [0.15, 0.2) is 60.8 Å². The predicted molar refractivity (Wildman–Crippen MR) is 177 cm³/mol. The first-order chi connectivity index (χ1) is 20.6. The molecule has 0 amide bonds. The van der Waals surface area contributed by atoms with Gasteiger partial charge in [0.25, 0.3) is 0 Å². The Morgan fingerprint density at radius 3 is 1.81 bits per heavy atom. The number of hydrogen-bond donors (Lipinski definition) is 1. The van der Waals surface area contributed by atoms with Crippen LogP contribution in [0.25, 0.3) is 0 Å². The van der Waals surface area contributed by atoms with E-state index >= 15 is 0 Å². The second kappa shape index (κ2) is 33.1. The molecular formula is C37H62O5. The maximum atomic E-state index is 12.1. The van der Waals surface area contributed by atoms with E-state index in [1.54, 1.807) is 0 Å². The van der Waals surface area contributed by atoms with E-state index in [-0.39, 0.29) is 31.6 Å². The fourth-order valence-corrected chi connectivity index (χ4v) is 4.31. The Morgan fingerprint density at radius 2 is 1.17 bits per heavy atom. The van der Waals surface area contributed by atoms with Gasteiger partial charge in [0.2, 0.25) is 0 Å². The van der Waals surface area contributed by atoms with Crippen LogP contribution >= 0.6 is 0 Å². The normalized spacial score (nSPS) is 12.9. The van der Waals surface area contributed by atoms with Crippen molar-refractivity contribution in [2.24, 2.45) is 0 Å². The summed E-state index contributed by atoms with van der Waals surface area (Å²) in [6.07, 6.45) is 41.4. The van der Waals surface area contributed by atoms with Crippen molar-refractivity contribution in [1.29, 1.82) is 0 Å². The topological polar surface area (TPSA) is 72.8 Å². The summed E-state index contributed by atoms with van der Waals surface area (Å²) in [6, 6.07) is 0. The predicted octanol–water partition coefficient (Wildman–Crippen LogP) is 10.1. The minimum Gasteiger partial charge on any atom is -0.462 e. The first kappa shape index (κ1) is 39.6. The zero-order chi connectivity index (χ0) is 30.8. The Labute approximate surface area is 258 Å². The van der Waals surface area contributed by atoms with Gasteiger partial charge in [0.15, 0.2) is 6.10 Å². The minimum atomic E-state index is -0.800. The third kappa shape index (κ3) is 30.6. The molecule has 0 rings (SSSR count). The summed E-state index contributed by atoms with van der Waals surface area (Å²) in [7, 11) is 0. The van der Waals surface area contributed by atoms with Crippen molar-refractivity contribution in [3.05, 3.63) is 60.8 Å². The molecule has 1 atom stereocenters. The largest absolute Gasteiger partial charge is 0.462 e.